The Balaban J connectivity index is 2.78. The summed E-state index contributed by atoms with van der Waals surface area (Å²) in [6, 6.07) is 4.13. The molecule has 18 heavy (non-hydrogen) atoms. The molecule has 0 aliphatic carbocycles. The number of hydrogen-bond acceptors (Lipinski definition) is 6. The highest BCUT2D eigenvalue weighted by molar-refractivity contribution is 8.00. The molecule has 0 fully saturated rings. The van der Waals surface area contributed by atoms with E-state index in [-0.39, 0.29) is 22.3 Å². The van der Waals surface area contributed by atoms with Crippen LogP contribution in [-0.2, 0) is 19.6 Å². The zero-order valence-electron chi connectivity index (χ0n) is 9.75. The first-order chi connectivity index (χ1) is 8.34. The molecule has 1 aromatic carbocycles. The summed E-state index contributed by atoms with van der Waals surface area (Å²) < 4.78 is 26.9. The van der Waals surface area contributed by atoms with Gasteiger partial charge >= 0.3 is 5.97 Å². The SMILES string of the molecule is CCOC(=O)CSc1ccc(S(N)(=O)=O)cc1N. The highest BCUT2D eigenvalue weighted by Crippen LogP contribution is 2.27. The van der Waals surface area contributed by atoms with Crippen LogP contribution in [0.25, 0.3) is 0 Å². The van der Waals surface area contributed by atoms with Crippen LogP contribution in [-0.4, -0.2) is 26.7 Å². The maximum atomic E-state index is 11.2. The Morgan fingerprint density at radius 3 is 2.61 bits per heavy atom. The van der Waals surface area contributed by atoms with Crippen molar-refractivity contribution in [2.24, 2.45) is 5.14 Å². The van der Waals surface area contributed by atoms with Crippen LogP contribution in [0.15, 0.2) is 28.0 Å². The van der Waals surface area contributed by atoms with Gasteiger partial charge in [0.15, 0.2) is 0 Å². The number of thioether (sulfide) groups is 1. The van der Waals surface area contributed by atoms with Gasteiger partial charge in [0.25, 0.3) is 0 Å². The standard InChI is InChI=1S/C10H14N2O4S2/c1-2-16-10(13)6-17-9-4-3-7(5-8(9)11)18(12,14)15/h3-5H,2,6,11H2,1H3,(H2,12,14,15). The van der Waals surface area contributed by atoms with Gasteiger partial charge in [-0.2, -0.15) is 0 Å². The molecular formula is C10H14N2O4S2. The van der Waals surface area contributed by atoms with Crippen LogP contribution >= 0.6 is 11.8 Å². The van der Waals surface area contributed by atoms with Crippen LogP contribution in [0.2, 0.25) is 0 Å². The lowest BCUT2D eigenvalue weighted by atomic mass is 10.3. The van der Waals surface area contributed by atoms with Crippen molar-refractivity contribution in [2.45, 2.75) is 16.7 Å². The number of benzene rings is 1. The monoisotopic (exact) mass is 290 g/mol. The van der Waals surface area contributed by atoms with Crippen LogP contribution in [0.1, 0.15) is 6.92 Å². The topological polar surface area (TPSA) is 112 Å². The summed E-state index contributed by atoms with van der Waals surface area (Å²) in [7, 11) is -3.76. The first-order valence-corrected chi connectivity index (χ1v) is 7.58. The Labute approximate surface area is 110 Å². The molecule has 0 bridgehead atoms. The molecular weight excluding hydrogens is 276 g/mol. The van der Waals surface area contributed by atoms with E-state index in [4.69, 9.17) is 15.6 Å². The van der Waals surface area contributed by atoms with Crippen molar-refractivity contribution >= 4 is 33.4 Å². The lowest BCUT2D eigenvalue weighted by Crippen LogP contribution is -2.12. The van der Waals surface area contributed by atoms with Gasteiger partial charge in [-0.1, -0.05) is 0 Å². The molecule has 6 nitrogen and oxygen atoms in total. The molecule has 100 valence electrons. The van der Waals surface area contributed by atoms with Crippen molar-refractivity contribution in [3.63, 3.8) is 0 Å². The molecule has 1 aromatic rings. The normalized spacial score (nSPS) is 11.2. The van der Waals surface area contributed by atoms with E-state index in [9.17, 15) is 13.2 Å². The molecule has 4 N–H and O–H groups in total. The molecule has 0 spiro atoms. The summed E-state index contributed by atoms with van der Waals surface area (Å²) in [5, 5.41) is 4.97. The molecule has 0 atom stereocenters. The lowest BCUT2D eigenvalue weighted by molar-refractivity contribution is -0.139. The minimum atomic E-state index is -3.76. The van der Waals surface area contributed by atoms with E-state index < -0.39 is 10.0 Å². The average Bonchev–Trinajstić information content (AvgIpc) is 2.26. The van der Waals surface area contributed by atoms with Gasteiger partial charge in [-0.05, 0) is 25.1 Å². The number of nitrogens with two attached hydrogens (primary N) is 2. The molecule has 0 saturated carbocycles. The van der Waals surface area contributed by atoms with E-state index in [1.54, 1.807) is 6.92 Å². The van der Waals surface area contributed by atoms with Crippen LogP contribution in [0.5, 0.6) is 0 Å². The minimum absolute atomic E-state index is 0.0551. The highest BCUT2D eigenvalue weighted by atomic mass is 32.2. The molecule has 0 saturated heterocycles. The van der Waals surface area contributed by atoms with Gasteiger partial charge in [0.2, 0.25) is 10.0 Å². The van der Waals surface area contributed by atoms with E-state index in [0.717, 1.165) is 0 Å². The van der Waals surface area contributed by atoms with Crippen molar-refractivity contribution in [1.29, 1.82) is 0 Å². The van der Waals surface area contributed by atoms with Crippen LogP contribution in [0, 0.1) is 0 Å². The zero-order valence-corrected chi connectivity index (χ0v) is 11.4. The predicted octanol–water partition coefficient (Wildman–Crippen LogP) is 0.571. The summed E-state index contributed by atoms with van der Waals surface area (Å²) >= 11 is 1.18. The van der Waals surface area contributed by atoms with Crippen molar-refractivity contribution in [3.8, 4) is 0 Å². The van der Waals surface area contributed by atoms with Gasteiger partial charge in [-0.3, -0.25) is 4.79 Å². The number of primary sulfonamides is 1. The van der Waals surface area contributed by atoms with Crippen LogP contribution in [0.4, 0.5) is 5.69 Å². The molecule has 0 aliphatic rings. The smallest absolute Gasteiger partial charge is 0.316 e. The highest BCUT2D eigenvalue weighted by Gasteiger charge is 2.11. The molecule has 0 unspecified atom stereocenters. The number of rotatable bonds is 5. The Bertz CT molecular complexity index is 543. The number of sulfonamides is 1. The second-order valence-corrected chi connectivity index (χ2v) is 5.92. The number of hydrogen-bond donors (Lipinski definition) is 2. The number of carbonyl (C=O) groups is 1. The van der Waals surface area contributed by atoms with Crippen LogP contribution < -0.4 is 10.9 Å². The molecule has 0 aromatic heterocycles. The van der Waals surface area contributed by atoms with Crippen LogP contribution in [0.3, 0.4) is 0 Å². The molecule has 0 heterocycles. The molecule has 8 heteroatoms. The fourth-order valence-electron chi connectivity index (χ4n) is 1.17. The Hall–Kier alpha value is -1.25. The number of ether oxygens (including phenoxy) is 1. The number of nitrogen functional groups attached to an aromatic ring is 1. The van der Waals surface area contributed by atoms with E-state index in [0.29, 0.717) is 11.5 Å². The van der Waals surface area contributed by atoms with Gasteiger partial charge in [-0.15, -0.1) is 11.8 Å². The third-order valence-corrected chi connectivity index (χ3v) is 3.93. The van der Waals surface area contributed by atoms with E-state index in [1.165, 1.54) is 30.0 Å². The Kier molecular flexibility index (Phi) is 5.00. The van der Waals surface area contributed by atoms with Gasteiger partial charge in [0.1, 0.15) is 0 Å². The Morgan fingerprint density at radius 1 is 1.44 bits per heavy atom. The fourth-order valence-corrected chi connectivity index (χ4v) is 2.47. The molecule has 0 aliphatic heterocycles. The van der Waals surface area contributed by atoms with Crippen molar-refractivity contribution in [2.75, 3.05) is 18.1 Å². The summed E-state index contributed by atoms with van der Waals surface area (Å²) in [6.07, 6.45) is 0. The van der Waals surface area contributed by atoms with E-state index in [2.05, 4.69) is 0 Å². The number of carbonyl (C=O) groups excluding carboxylic acids is 1. The summed E-state index contributed by atoms with van der Waals surface area (Å²) in [5.74, 6) is -0.232. The predicted molar refractivity (Wildman–Crippen MR) is 69.6 cm³/mol. The first-order valence-electron chi connectivity index (χ1n) is 5.05. The first kappa shape index (κ1) is 14.8. The summed E-state index contributed by atoms with van der Waals surface area (Å²) in [6.45, 7) is 2.04. The van der Waals surface area contributed by atoms with Gasteiger partial charge in [-0.25, -0.2) is 13.6 Å². The van der Waals surface area contributed by atoms with E-state index in [1.807, 2.05) is 0 Å². The molecule has 1 rings (SSSR count). The van der Waals surface area contributed by atoms with Crippen molar-refractivity contribution in [3.05, 3.63) is 18.2 Å². The van der Waals surface area contributed by atoms with E-state index >= 15 is 0 Å². The number of esters is 1. The van der Waals surface area contributed by atoms with Gasteiger partial charge in [0.05, 0.1) is 17.3 Å². The second-order valence-electron chi connectivity index (χ2n) is 3.34. The Morgan fingerprint density at radius 2 is 2.11 bits per heavy atom. The maximum Gasteiger partial charge on any atom is 0.316 e. The third kappa shape index (κ3) is 4.21. The van der Waals surface area contributed by atoms with Crippen molar-refractivity contribution < 1.29 is 17.9 Å². The largest absolute Gasteiger partial charge is 0.465 e. The molecule has 0 radical (unpaired) electrons. The zero-order chi connectivity index (χ0) is 13.8. The maximum absolute atomic E-state index is 11.2. The quantitative estimate of drug-likeness (QED) is 0.466. The van der Waals surface area contributed by atoms with Crippen molar-refractivity contribution in [1.82, 2.24) is 0 Å². The second kappa shape index (κ2) is 6.07. The van der Waals surface area contributed by atoms with Gasteiger partial charge in [0, 0.05) is 10.6 Å². The fraction of sp³-hybridized carbons (Fsp3) is 0.300. The third-order valence-electron chi connectivity index (χ3n) is 1.96. The minimum Gasteiger partial charge on any atom is -0.465 e. The summed E-state index contributed by atoms with van der Waals surface area (Å²) in [4.78, 5) is 11.7. The number of anilines is 1. The summed E-state index contributed by atoms with van der Waals surface area (Å²) in [5.41, 5.74) is 5.95. The average molecular weight is 290 g/mol. The lowest BCUT2D eigenvalue weighted by Gasteiger charge is -2.06. The molecule has 0 amide bonds. The van der Waals surface area contributed by atoms with Gasteiger partial charge < -0.3 is 10.5 Å².